The minimum Gasteiger partial charge on any atom is -0.497 e. The van der Waals surface area contributed by atoms with Crippen molar-refractivity contribution < 1.29 is 33.8 Å². The van der Waals surface area contributed by atoms with Gasteiger partial charge in [-0.2, -0.15) is 0 Å². The van der Waals surface area contributed by atoms with Crippen LogP contribution in [0.3, 0.4) is 0 Å². The Kier molecular flexibility index (Phi) is 11.7. The maximum absolute atomic E-state index is 15.6. The van der Waals surface area contributed by atoms with E-state index in [1.807, 2.05) is 115 Å². The smallest absolute Gasteiger partial charge is 0.264 e. The molecule has 3 aliphatic heterocycles. The van der Waals surface area contributed by atoms with Crippen LogP contribution in [0.5, 0.6) is 5.75 Å². The Morgan fingerprint density at radius 3 is 2.03 bits per heavy atom. The summed E-state index contributed by atoms with van der Waals surface area (Å²) in [4.78, 5) is 61.6. The van der Waals surface area contributed by atoms with Crippen molar-refractivity contribution in [1.82, 2.24) is 4.90 Å². The van der Waals surface area contributed by atoms with Crippen molar-refractivity contribution in [2.45, 2.75) is 69.1 Å². The zero-order valence-corrected chi connectivity index (χ0v) is 36.0. The molecule has 314 valence electrons. The number of benzene rings is 5. The molecule has 3 aliphatic rings. The normalized spacial score (nSPS) is 22.0. The first-order chi connectivity index (χ1) is 29.5. The molecule has 1 N–H and O–H groups in total. The van der Waals surface area contributed by atoms with E-state index in [1.165, 1.54) is 0 Å². The fourth-order valence-electron chi connectivity index (χ4n) is 10.1. The standard InChI is InChI=1S/C49H52N4O7Si/c1-34-47(61(3,4)42-24-22-41(59-2)23-25-42)45(29-46(57)50-27-11-16-40(50)31-54)60-49(34)43-28-39(53(33-56)37-14-9-6-10-15-37)21-26-44(43)51(48(49)58)30-35-17-19-38(20-18-35)52(32-55)36-12-7-5-8-13-36/h5-10,12-15,17-26,28,32-34,40,45,47,54H,11,16,27,29-31H2,1-4H3/t34-,40+,45+,47-,49+/m1/s1. The molecule has 1 spiro atoms. The van der Waals surface area contributed by atoms with E-state index in [0.29, 0.717) is 34.9 Å². The number of fused-ring (bicyclic) bond motifs is 2. The molecule has 4 amide bonds. The van der Waals surface area contributed by atoms with Crippen LogP contribution in [0.4, 0.5) is 28.4 Å². The van der Waals surface area contributed by atoms with Gasteiger partial charge in [0.25, 0.3) is 5.91 Å². The minimum atomic E-state index is -2.60. The van der Waals surface area contributed by atoms with Crippen LogP contribution in [0.15, 0.2) is 127 Å². The van der Waals surface area contributed by atoms with Gasteiger partial charge in [0.1, 0.15) is 5.75 Å². The third-order valence-electron chi connectivity index (χ3n) is 13.2. The number of methoxy groups -OCH3 is 1. The second-order valence-corrected chi connectivity index (χ2v) is 21.5. The number of likely N-dealkylation sites (tertiary alicyclic amines) is 1. The van der Waals surface area contributed by atoms with Crippen LogP contribution in [-0.2, 0) is 36.1 Å². The lowest BCUT2D eigenvalue weighted by atomic mass is 9.82. The number of nitrogens with zero attached hydrogens (tertiary/aromatic N) is 4. The SMILES string of the molecule is COc1ccc([Si](C)(C)[C@H]2[C@H](CC(=O)N3CCC[C@H]3CO)O[C@@]3(C(=O)N(Cc4ccc(N(C=O)c5ccccc5)cc4)c4ccc(N(C=O)c5ccccc5)cc43)[C@@H]2C)cc1. The summed E-state index contributed by atoms with van der Waals surface area (Å²) >= 11 is 0. The maximum atomic E-state index is 15.6. The average molecular weight is 837 g/mol. The number of rotatable bonds is 14. The van der Waals surface area contributed by atoms with Crippen LogP contribution in [0, 0.1) is 5.92 Å². The first-order valence-corrected chi connectivity index (χ1v) is 24.0. The largest absolute Gasteiger partial charge is 0.497 e. The zero-order valence-electron chi connectivity index (χ0n) is 35.0. The third kappa shape index (κ3) is 7.42. The van der Waals surface area contributed by atoms with E-state index < -0.39 is 25.7 Å². The van der Waals surface area contributed by atoms with Gasteiger partial charge in [0, 0.05) is 40.8 Å². The van der Waals surface area contributed by atoms with Crippen molar-refractivity contribution in [2.24, 2.45) is 5.92 Å². The van der Waals surface area contributed by atoms with Crippen LogP contribution in [0.2, 0.25) is 18.6 Å². The number of hydrogen-bond donors (Lipinski definition) is 1. The first-order valence-electron chi connectivity index (χ1n) is 20.9. The molecule has 5 atom stereocenters. The molecule has 2 fully saturated rings. The van der Waals surface area contributed by atoms with Crippen molar-refractivity contribution in [3.05, 3.63) is 139 Å². The Morgan fingerprint density at radius 2 is 1.44 bits per heavy atom. The topological polar surface area (TPSA) is 120 Å². The molecule has 12 heteroatoms. The highest BCUT2D eigenvalue weighted by atomic mass is 28.3. The van der Waals surface area contributed by atoms with Crippen LogP contribution in [0.25, 0.3) is 0 Å². The van der Waals surface area contributed by atoms with E-state index in [1.54, 1.807) is 26.7 Å². The highest BCUT2D eigenvalue weighted by Crippen LogP contribution is 2.61. The molecule has 5 aromatic rings. The number of aliphatic hydroxyl groups excluding tert-OH is 1. The molecule has 3 heterocycles. The van der Waals surface area contributed by atoms with E-state index in [2.05, 4.69) is 32.2 Å². The summed E-state index contributed by atoms with van der Waals surface area (Å²) in [6, 6.07) is 39.8. The van der Waals surface area contributed by atoms with Gasteiger partial charge in [-0.1, -0.05) is 85.9 Å². The fourth-order valence-corrected chi connectivity index (χ4v) is 14.1. The lowest BCUT2D eigenvalue weighted by Crippen LogP contribution is -2.52. The Bertz CT molecular complexity index is 2380. The van der Waals surface area contributed by atoms with Crippen LogP contribution < -0.4 is 24.6 Å². The number of ether oxygens (including phenoxy) is 2. The molecule has 2 saturated heterocycles. The van der Waals surface area contributed by atoms with Gasteiger partial charge in [0.2, 0.25) is 18.7 Å². The lowest BCUT2D eigenvalue weighted by Gasteiger charge is -2.37. The average Bonchev–Trinajstić information content (AvgIpc) is 3.96. The van der Waals surface area contributed by atoms with E-state index in [0.717, 1.165) is 47.8 Å². The monoisotopic (exact) mass is 836 g/mol. The molecule has 0 aliphatic carbocycles. The van der Waals surface area contributed by atoms with Crippen molar-refractivity contribution in [1.29, 1.82) is 0 Å². The molecule has 11 nitrogen and oxygen atoms in total. The molecule has 61 heavy (non-hydrogen) atoms. The van der Waals surface area contributed by atoms with Crippen molar-refractivity contribution >= 4 is 66.3 Å². The van der Waals surface area contributed by atoms with E-state index >= 15 is 4.79 Å². The highest BCUT2D eigenvalue weighted by molar-refractivity contribution is 6.91. The Morgan fingerprint density at radius 1 is 0.852 bits per heavy atom. The summed E-state index contributed by atoms with van der Waals surface area (Å²) in [7, 11) is -0.957. The van der Waals surface area contributed by atoms with Crippen LogP contribution in [-0.4, -0.2) is 75.1 Å². The second kappa shape index (κ2) is 17.1. The number of para-hydroxylation sites is 2. The number of hydrogen-bond acceptors (Lipinski definition) is 7. The summed E-state index contributed by atoms with van der Waals surface area (Å²) in [5.74, 6) is 0.0115. The fraction of sp³-hybridized carbons (Fsp3) is 0.306. The summed E-state index contributed by atoms with van der Waals surface area (Å²) in [5.41, 5.74) is 3.12. The molecular weight excluding hydrogens is 785 g/mol. The van der Waals surface area contributed by atoms with E-state index in [-0.39, 0.29) is 43.0 Å². The number of amides is 4. The van der Waals surface area contributed by atoms with E-state index in [9.17, 15) is 19.5 Å². The quantitative estimate of drug-likeness (QED) is 0.0914. The van der Waals surface area contributed by atoms with Gasteiger partial charge in [-0.25, -0.2) is 0 Å². The maximum Gasteiger partial charge on any atom is 0.264 e. The molecule has 0 unspecified atom stereocenters. The second-order valence-electron chi connectivity index (χ2n) is 16.8. The Hall–Kier alpha value is -6.08. The molecule has 5 aromatic carbocycles. The molecule has 0 aromatic heterocycles. The van der Waals surface area contributed by atoms with Gasteiger partial charge in [-0.3, -0.25) is 29.0 Å². The van der Waals surface area contributed by atoms with Gasteiger partial charge in [-0.05, 0) is 90.7 Å². The van der Waals surface area contributed by atoms with Crippen molar-refractivity contribution in [3.8, 4) is 5.75 Å². The third-order valence-corrected chi connectivity index (χ3v) is 17.6. The van der Waals surface area contributed by atoms with E-state index in [4.69, 9.17) is 9.47 Å². The molecule has 8 rings (SSSR count). The summed E-state index contributed by atoms with van der Waals surface area (Å²) in [5, 5.41) is 11.3. The number of carbonyl (C=O) groups is 4. The van der Waals surface area contributed by atoms with Gasteiger partial charge < -0.3 is 24.4 Å². The summed E-state index contributed by atoms with van der Waals surface area (Å²) in [6.45, 7) is 7.31. The predicted molar refractivity (Wildman–Crippen MR) is 239 cm³/mol. The van der Waals surface area contributed by atoms with Crippen molar-refractivity contribution in [2.75, 3.05) is 35.0 Å². The molecule has 0 saturated carbocycles. The van der Waals surface area contributed by atoms with Gasteiger partial charge in [0.15, 0.2) is 5.60 Å². The lowest BCUT2D eigenvalue weighted by molar-refractivity contribution is -0.150. The van der Waals surface area contributed by atoms with Gasteiger partial charge in [-0.15, -0.1) is 0 Å². The first kappa shape index (κ1) is 41.6. The predicted octanol–water partition coefficient (Wildman–Crippen LogP) is 7.42. The highest BCUT2D eigenvalue weighted by Gasteiger charge is 2.66. The molecule has 0 radical (unpaired) electrons. The summed E-state index contributed by atoms with van der Waals surface area (Å²) < 4.78 is 12.8. The zero-order chi connectivity index (χ0) is 42.9. The van der Waals surface area contributed by atoms with Gasteiger partial charge >= 0.3 is 0 Å². The molecule has 0 bridgehead atoms. The number of anilines is 5. The van der Waals surface area contributed by atoms with Crippen LogP contribution >= 0.6 is 0 Å². The number of carbonyl (C=O) groups excluding carboxylic acids is 4. The van der Waals surface area contributed by atoms with Crippen molar-refractivity contribution in [3.63, 3.8) is 0 Å². The number of aliphatic hydroxyl groups is 1. The van der Waals surface area contributed by atoms with Gasteiger partial charge in [0.05, 0.1) is 52.6 Å². The molecular formula is C49H52N4O7Si. The Labute approximate surface area is 358 Å². The van der Waals surface area contributed by atoms with Crippen LogP contribution in [0.1, 0.15) is 37.3 Å². The summed E-state index contributed by atoms with van der Waals surface area (Å²) in [6.07, 6.45) is 2.54. The minimum absolute atomic E-state index is 0.0583. The Balaban J connectivity index is 1.23.